The molecule has 1 N–H and O–H groups in total. The van der Waals surface area contributed by atoms with Crippen LogP contribution in [0.3, 0.4) is 0 Å². The molecule has 1 heterocycles. The topological polar surface area (TPSA) is 12.0 Å². The molecule has 0 radical (unpaired) electrons. The fraction of sp³-hybridized carbons (Fsp3) is 0.455. The van der Waals surface area contributed by atoms with Crippen LogP contribution in [0.1, 0.15) is 30.9 Å². The molecule has 0 amide bonds. The van der Waals surface area contributed by atoms with E-state index in [2.05, 4.69) is 21.2 Å². The lowest BCUT2D eigenvalue weighted by atomic mass is 9.97. The largest absolute Gasteiger partial charge is 0.310 e. The first-order chi connectivity index (χ1) is 7.18. The lowest BCUT2D eigenvalue weighted by Gasteiger charge is -2.24. The molecule has 1 aliphatic heterocycles. The van der Waals surface area contributed by atoms with Crippen LogP contribution < -0.4 is 5.32 Å². The summed E-state index contributed by atoms with van der Waals surface area (Å²) in [6, 6.07) is 2.50. The fourth-order valence-electron chi connectivity index (χ4n) is 1.92. The van der Waals surface area contributed by atoms with Crippen LogP contribution in [-0.2, 0) is 0 Å². The smallest absolute Gasteiger partial charge is 0.140 e. The van der Waals surface area contributed by atoms with Gasteiger partial charge in [0.05, 0.1) is 4.47 Å². The molecule has 0 saturated carbocycles. The van der Waals surface area contributed by atoms with E-state index in [0.29, 0.717) is 10.0 Å². The van der Waals surface area contributed by atoms with Gasteiger partial charge in [0.1, 0.15) is 11.6 Å². The van der Waals surface area contributed by atoms with Gasteiger partial charge in [-0.1, -0.05) is 6.42 Å². The van der Waals surface area contributed by atoms with Crippen LogP contribution in [0, 0.1) is 11.6 Å². The first-order valence-electron chi connectivity index (χ1n) is 5.06. The normalized spacial score (nSPS) is 21.7. The molecule has 15 heavy (non-hydrogen) atoms. The highest BCUT2D eigenvalue weighted by Crippen LogP contribution is 2.29. The van der Waals surface area contributed by atoms with Crippen molar-refractivity contribution >= 4 is 15.9 Å². The SMILES string of the molecule is Fc1cc(F)c(C2CCCCN2)cc1Br. The van der Waals surface area contributed by atoms with Crippen molar-refractivity contribution in [3.05, 3.63) is 33.8 Å². The highest BCUT2D eigenvalue weighted by atomic mass is 79.9. The summed E-state index contributed by atoms with van der Waals surface area (Å²) < 4.78 is 26.9. The summed E-state index contributed by atoms with van der Waals surface area (Å²) in [4.78, 5) is 0. The van der Waals surface area contributed by atoms with Gasteiger partial charge in [-0.2, -0.15) is 0 Å². The Morgan fingerprint density at radius 2 is 2.00 bits per heavy atom. The number of halogens is 3. The monoisotopic (exact) mass is 275 g/mol. The Labute approximate surface area is 96.0 Å². The zero-order chi connectivity index (χ0) is 10.8. The highest BCUT2D eigenvalue weighted by Gasteiger charge is 2.19. The summed E-state index contributed by atoms with van der Waals surface area (Å²) in [7, 11) is 0. The number of nitrogens with one attached hydrogen (secondary N) is 1. The van der Waals surface area contributed by atoms with Crippen molar-refractivity contribution in [3.63, 3.8) is 0 Å². The number of piperidine rings is 1. The Kier molecular flexibility index (Phi) is 3.36. The van der Waals surface area contributed by atoms with Crippen molar-refractivity contribution < 1.29 is 8.78 Å². The van der Waals surface area contributed by atoms with E-state index >= 15 is 0 Å². The molecule has 1 atom stereocenters. The summed E-state index contributed by atoms with van der Waals surface area (Å²) >= 11 is 3.08. The Hall–Kier alpha value is -0.480. The van der Waals surface area contributed by atoms with E-state index in [0.717, 1.165) is 31.9 Å². The predicted octanol–water partition coefficient (Wildman–Crippen LogP) is 3.54. The number of hydrogen-bond donors (Lipinski definition) is 1. The van der Waals surface area contributed by atoms with E-state index in [9.17, 15) is 8.78 Å². The van der Waals surface area contributed by atoms with Gasteiger partial charge in [-0.25, -0.2) is 8.78 Å². The van der Waals surface area contributed by atoms with Gasteiger partial charge >= 0.3 is 0 Å². The second kappa shape index (κ2) is 4.58. The molecule has 1 nitrogen and oxygen atoms in total. The van der Waals surface area contributed by atoms with E-state index in [1.54, 1.807) is 0 Å². The van der Waals surface area contributed by atoms with Gasteiger partial charge in [0.2, 0.25) is 0 Å². The van der Waals surface area contributed by atoms with Crippen LogP contribution in [0.15, 0.2) is 16.6 Å². The fourth-order valence-corrected chi connectivity index (χ4v) is 2.28. The van der Waals surface area contributed by atoms with E-state index in [1.165, 1.54) is 6.07 Å². The van der Waals surface area contributed by atoms with Gasteiger partial charge < -0.3 is 5.32 Å². The summed E-state index contributed by atoms with van der Waals surface area (Å²) in [6.45, 7) is 0.902. The molecule has 1 saturated heterocycles. The third-order valence-corrected chi connectivity index (χ3v) is 3.33. The number of rotatable bonds is 1. The molecular weight excluding hydrogens is 264 g/mol. The van der Waals surface area contributed by atoms with Crippen molar-refractivity contribution in [3.8, 4) is 0 Å². The van der Waals surface area contributed by atoms with Crippen LogP contribution in [0.25, 0.3) is 0 Å². The molecule has 1 aromatic rings. The first-order valence-corrected chi connectivity index (χ1v) is 5.85. The second-order valence-electron chi connectivity index (χ2n) is 3.79. The number of hydrogen-bond acceptors (Lipinski definition) is 1. The first kappa shape index (κ1) is 11.0. The summed E-state index contributed by atoms with van der Waals surface area (Å²) in [5.74, 6) is -1.01. The zero-order valence-corrected chi connectivity index (χ0v) is 9.78. The van der Waals surface area contributed by atoms with Crippen molar-refractivity contribution in [1.29, 1.82) is 0 Å². The molecule has 2 rings (SSSR count). The average Bonchev–Trinajstić information content (AvgIpc) is 2.25. The lowest BCUT2D eigenvalue weighted by molar-refractivity contribution is 0.398. The predicted molar refractivity (Wildman–Crippen MR) is 58.7 cm³/mol. The minimum Gasteiger partial charge on any atom is -0.310 e. The third-order valence-electron chi connectivity index (χ3n) is 2.73. The molecule has 1 aliphatic rings. The maximum Gasteiger partial charge on any atom is 0.140 e. The van der Waals surface area contributed by atoms with Gasteiger partial charge in [-0.3, -0.25) is 0 Å². The van der Waals surface area contributed by atoms with Gasteiger partial charge in [0.15, 0.2) is 0 Å². The van der Waals surface area contributed by atoms with Gasteiger partial charge in [0, 0.05) is 17.7 Å². The van der Waals surface area contributed by atoms with Crippen LogP contribution in [0.4, 0.5) is 8.78 Å². The Morgan fingerprint density at radius 3 is 2.67 bits per heavy atom. The standard InChI is InChI=1S/C11H12BrF2N/c12-8-5-7(9(13)6-10(8)14)11-3-1-2-4-15-11/h5-6,11,15H,1-4H2. The Balaban J connectivity index is 2.30. The molecule has 0 aromatic heterocycles. The maximum atomic E-state index is 13.5. The van der Waals surface area contributed by atoms with Gasteiger partial charge in [-0.15, -0.1) is 0 Å². The second-order valence-corrected chi connectivity index (χ2v) is 4.64. The molecule has 1 fully saturated rings. The van der Waals surface area contributed by atoms with E-state index in [4.69, 9.17) is 0 Å². The van der Waals surface area contributed by atoms with Crippen LogP contribution in [-0.4, -0.2) is 6.54 Å². The molecule has 0 aliphatic carbocycles. The maximum absolute atomic E-state index is 13.5. The Morgan fingerprint density at radius 1 is 1.20 bits per heavy atom. The van der Waals surface area contributed by atoms with E-state index < -0.39 is 11.6 Å². The van der Waals surface area contributed by atoms with E-state index in [1.807, 2.05) is 0 Å². The minimum atomic E-state index is -0.549. The summed E-state index contributed by atoms with van der Waals surface area (Å²) in [5.41, 5.74) is 0.558. The molecule has 0 spiro atoms. The van der Waals surface area contributed by atoms with Crippen molar-refractivity contribution in [2.24, 2.45) is 0 Å². The zero-order valence-electron chi connectivity index (χ0n) is 8.19. The number of benzene rings is 1. The molecule has 0 bridgehead atoms. The van der Waals surface area contributed by atoms with Crippen molar-refractivity contribution in [2.75, 3.05) is 6.54 Å². The summed E-state index contributed by atoms with van der Waals surface area (Å²) in [5, 5.41) is 3.24. The molecule has 4 heteroatoms. The van der Waals surface area contributed by atoms with Crippen LogP contribution in [0.2, 0.25) is 0 Å². The molecule has 1 unspecified atom stereocenters. The molecular formula is C11H12BrF2N. The van der Waals surface area contributed by atoms with Crippen LogP contribution >= 0.6 is 15.9 Å². The van der Waals surface area contributed by atoms with Gasteiger partial charge in [0.25, 0.3) is 0 Å². The molecule has 82 valence electrons. The van der Waals surface area contributed by atoms with Crippen LogP contribution in [0.5, 0.6) is 0 Å². The van der Waals surface area contributed by atoms with Crippen molar-refractivity contribution in [1.82, 2.24) is 5.32 Å². The van der Waals surface area contributed by atoms with E-state index in [-0.39, 0.29) is 6.04 Å². The minimum absolute atomic E-state index is 0.0237. The lowest BCUT2D eigenvalue weighted by Crippen LogP contribution is -2.27. The molecule has 1 aromatic carbocycles. The quantitative estimate of drug-likeness (QED) is 0.773. The van der Waals surface area contributed by atoms with Crippen molar-refractivity contribution in [2.45, 2.75) is 25.3 Å². The summed E-state index contributed by atoms with van der Waals surface area (Å²) in [6.07, 6.45) is 3.13. The highest BCUT2D eigenvalue weighted by molar-refractivity contribution is 9.10. The Bertz CT molecular complexity index is 362. The third kappa shape index (κ3) is 2.37. The van der Waals surface area contributed by atoms with Gasteiger partial charge in [-0.05, 0) is 41.4 Å². The average molecular weight is 276 g/mol.